The zero-order valence-corrected chi connectivity index (χ0v) is 16.7. The molecule has 1 aromatic carbocycles. The molecule has 2 rings (SSSR count). The number of nitro groups is 1. The molecule has 26 heavy (non-hydrogen) atoms. The molecule has 1 aromatic rings. The summed E-state index contributed by atoms with van der Waals surface area (Å²) in [4.78, 5) is 35.1. The number of alkyl carbamates (subject to hydrolysis) is 1. The molecule has 1 aliphatic carbocycles. The van der Waals surface area contributed by atoms with Gasteiger partial charge in [-0.3, -0.25) is 0 Å². The van der Waals surface area contributed by atoms with E-state index in [4.69, 9.17) is 10.8 Å². The number of amides is 1. The molecule has 0 spiro atoms. The number of carbonyl (C=O) groups is 2. The van der Waals surface area contributed by atoms with Crippen molar-refractivity contribution in [3.05, 3.63) is 34.4 Å². The quantitative estimate of drug-likeness (QED) is 0.319. The van der Waals surface area contributed by atoms with Gasteiger partial charge in [-0.05, 0) is 0 Å². The van der Waals surface area contributed by atoms with Gasteiger partial charge in [-0.15, -0.1) is 0 Å². The van der Waals surface area contributed by atoms with Gasteiger partial charge in [0.25, 0.3) is 0 Å². The number of para-hydroxylation sites is 1. The number of nitrogens with zero attached hydrogens (tertiary/aromatic N) is 1. The monoisotopic (exact) mass is 432 g/mol. The standard InChI is InChI=1S/C17H22N2O6Se/c1-16(2,3)25-15(21)18-17(14(20)24-4)9-11(17)10-26-13-8-6-5-7-12(13)19(22)23/h5-8,11H,9-10H2,1-4H3,(H,18,21)/i10T. The summed E-state index contributed by atoms with van der Waals surface area (Å²) in [7, 11) is 1.21. The topological polar surface area (TPSA) is 108 Å². The molecule has 0 saturated heterocycles. The molecule has 0 heterocycles. The molecular formula is C17H22N2O6Se. The van der Waals surface area contributed by atoms with E-state index < -0.39 is 54.3 Å². The van der Waals surface area contributed by atoms with E-state index in [2.05, 4.69) is 5.32 Å². The molecule has 1 fully saturated rings. The average molecular weight is 431 g/mol. The summed E-state index contributed by atoms with van der Waals surface area (Å²) in [5, 5.41) is 12.9. The summed E-state index contributed by atoms with van der Waals surface area (Å²) in [6.45, 7) is 5.10. The molecule has 0 aliphatic heterocycles. The second-order valence-corrected chi connectivity index (χ2v) is 8.87. The van der Waals surface area contributed by atoms with Gasteiger partial charge in [-0.1, -0.05) is 0 Å². The van der Waals surface area contributed by atoms with Gasteiger partial charge in [-0.25, -0.2) is 0 Å². The van der Waals surface area contributed by atoms with Crippen LogP contribution in [-0.2, 0) is 14.3 Å². The van der Waals surface area contributed by atoms with E-state index in [1.165, 1.54) is 13.2 Å². The van der Waals surface area contributed by atoms with Gasteiger partial charge in [0.05, 0.1) is 0 Å². The number of benzene rings is 1. The second kappa shape index (κ2) is 7.63. The van der Waals surface area contributed by atoms with E-state index in [0.29, 0.717) is 4.46 Å². The third-order valence-electron chi connectivity index (χ3n) is 3.71. The molecule has 1 amide bonds. The Morgan fingerprint density at radius 2 is 2.12 bits per heavy atom. The predicted molar refractivity (Wildman–Crippen MR) is 95.5 cm³/mol. The molecule has 0 radical (unpaired) electrons. The van der Waals surface area contributed by atoms with Crippen LogP contribution in [0, 0.1) is 16.0 Å². The Morgan fingerprint density at radius 1 is 1.46 bits per heavy atom. The number of methoxy groups -OCH3 is 1. The van der Waals surface area contributed by atoms with Crippen molar-refractivity contribution >= 4 is 37.2 Å². The van der Waals surface area contributed by atoms with Gasteiger partial charge >= 0.3 is 159 Å². The van der Waals surface area contributed by atoms with E-state index >= 15 is 0 Å². The van der Waals surface area contributed by atoms with E-state index in [0.717, 1.165) is 0 Å². The van der Waals surface area contributed by atoms with Gasteiger partial charge in [0.15, 0.2) is 0 Å². The number of hydrogen-bond donors (Lipinski definition) is 1. The molecule has 3 atom stereocenters. The third kappa shape index (κ3) is 4.74. The molecule has 9 heteroatoms. The summed E-state index contributed by atoms with van der Waals surface area (Å²) in [5.41, 5.74) is -2.10. The van der Waals surface area contributed by atoms with Crippen LogP contribution < -0.4 is 9.78 Å². The normalized spacial score (nSPS) is 23.4. The Hall–Kier alpha value is -2.12. The molecule has 1 saturated carbocycles. The van der Waals surface area contributed by atoms with Gasteiger partial charge in [-0.2, -0.15) is 0 Å². The summed E-state index contributed by atoms with van der Waals surface area (Å²) in [6.07, 6.45) is -0.532. The average Bonchev–Trinajstić information content (AvgIpc) is 3.27. The summed E-state index contributed by atoms with van der Waals surface area (Å²) >= 11 is -0.584. The van der Waals surface area contributed by atoms with E-state index in [-0.39, 0.29) is 12.1 Å². The fourth-order valence-corrected chi connectivity index (χ4v) is 4.64. The fourth-order valence-electron chi connectivity index (χ4n) is 2.41. The zero-order valence-electron chi connectivity index (χ0n) is 16.0. The molecule has 8 nitrogen and oxygen atoms in total. The van der Waals surface area contributed by atoms with Gasteiger partial charge in [0.1, 0.15) is 0 Å². The van der Waals surface area contributed by atoms with E-state index in [1.807, 2.05) is 0 Å². The Labute approximate surface area is 159 Å². The fraction of sp³-hybridized carbons (Fsp3) is 0.529. The van der Waals surface area contributed by atoms with Crippen molar-refractivity contribution in [2.75, 3.05) is 7.11 Å². The molecule has 1 N–H and O–H groups in total. The maximum absolute atomic E-state index is 12.3. The third-order valence-corrected chi connectivity index (χ3v) is 5.94. The van der Waals surface area contributed by atoms with Crippen molar-refractivity contribution in [1.29, 1.82) is 0 Å². The minimum atomic E-state index is -1.32. The molecule has 0 aromatic heterocycles. The van der Waals surface area contributed by atoms with Crippen molar-refractivity contribution in [3.63, 3.8) is 0 Å². The van der Waals surface area contributed by atoms with E-state index in [9.17, 15) is 19.7 Å². The van der Waals surface area contributed by atoms with Crippen LogP contribution in [0.5, 0.6) is 0 Å². The number of carbonyl (C=O) groups excluding carboxylic acids is 2. The van der Waals surface area contributed by atoms with Crippen LogP contribution in [0.25, 0.3) is 0 Å². The van der Waals surface area contributed by atoms with Crippen molar-refractivity contribution in [2.45, 2.75) is 43.6 Å². The van der Waals surface area contributed by atoms with Crippen molar-refractivity contribution in [3.8, 4) is 0 Å². The Morgan fingerprint density at radius 3 is 2.69 bits per heavy atom. The van der Waals surface area contributed by atoms with Crippen LogP contribution in [0.2, 0.25) is 5.30 Å². The van der Waals surface area contributed by atoms with Crippen molar-refractivity contribution < 1.29 is 25.4 Å². The first-order valence-electron chi connectivity index (χ1n) is 8.50. The first-order chi connectivity index (χ1) is 12.5. The van der Waals surface area contributed by atoms with Gasteiger partial charge in [0.2, 0.25) is 0 Å². The van der Waals surface area contributed by atoms with Gasteiger partial charge < -0.3 is 0 Å². The molecule has 142 valence electrons. The minimum absolute atomic E-state index is 0.0424. The van der Waals surface area contributed by atoms with Crippen LogP contribution >= 0.6 is 0 Å². The van der Waals surface area contributed by atoms with E-state index in [1.54, 1.807) is 39.0 Å². The van der Waals surface area contributed by atoms with Crippen LogP contribution in [-0.4, -0.2) is 50.2 Å². The molecule has 0 bridgehead atoms. The number of esters is 1. The number of nitro benzene ring substituents is 1. The summed E-state index contributed by atoms with van der Waals surface area (Å²) in [5.74, 6) is -1.15. The SMILES string of the molecule is [3H]C([Se]c1ccccc1[N+](=O)[O-])C1CC1(NC(=O)OC(C)(C)C)C(=O)OC. The second-order valence-electron chi connectivity index (χ2n) is 6.88. The predicted octanol–water partition coefficient (Wildman–Crippen LogP) is 1.80. The number of hydrogen-bond acceptors (Lipinski definition) is 6. The van der Waals surface area contributed by atoms with Crippen LogP contribution in [0.4, 0.5) is 10.5 Å². The maximum atomic E-state index is 12.3. The van der Waals surface area contributed by atoms with Crippen LogP contribution in [0.1, 0.15) is 28.6 Å². The molecular weight excluding hydrogens is 407 g/mol. The number of nitrogens with one attached hydrogen (secondary N) is 1. The first-order valence-corrected chi connectivity index (χ1v) is 9.76. The van der Waals surface area contributed by atoms with Crippen LogP contribution in [0.15, 0.2) is 24.3 Å². The van der Waals surface area contributed by atoms with Crippen molar-refractivity contribution in [1.82, 2.24) is 5.32 Å². The van der Waals surface area contributed by atoms with Crippen molar-refractivity contribution in [2.24, 2.45) is 5.92 Å². The number of ether oxygens (including phenoxy) is 2. The Bertz CT molecular complexity index is 753. The molecule has 1 aliphatic rings. The molecule has 3 unspecified atom stereocenters. The summed E-state index contributed by atoms with van der Waals surface area (Å²) < 4.78 is 18.9. The van der Waals surface area contributed by atoms with Gasteiger partial charge in [0, 0.05) is 0 Å². The Balaban J connectivity index is 2.15. The summed E-state index contributed by atoms with van der Waals surface area (Å²) in [6, 6.07) is 6.25. The van der Waals surface area contributed by atoms with Crippen LogP contribution in [0.3, 0.4) is 0 Å². The zero-order chi connectivity index (χ0) is 20.4. The first kappa shape index (κ1) is 18.7. The number of rotatable bonds is 6. The Kier molecular flexibility index (Phi) is 5.48.